The van der Waals surface area contributed by atoms with Crippen molar-refractivity contribution in [3.8, 4) is 0 Å². The van der Waals surface area contributed by atoms with Crippen LogP contribution >= 0.6 is 23.2 Å². The molecule has 2 N–H and O–H groups in total. The molecular weight excluding hydrogens is 265 g/mol. The van der Waals surface area contributed by atoms with Crippen LogP contribution in [-0.4, -0.2) is 34.2 Å². The van der Waals surface area contributed by atoms with E-state index in [-0.39, 0.29) is 16.3 Å². The Bertz CT molecular complexity index is 388. The van der Waals surface area contributed by atoms with Gasteiger partial charge in [-0.25, -0.2) is 0 Å². The van der Waals surface area contributed by atoms with Crippen LogP contribution in [0.2, 0.25) is 10.4 Å². The van der Waals surface area contributed by atoms with Crippen LogP contribution in [0, 0.1) is 0 Å². The summed E-state index contributed by atoms with van der Waals surface area (Å²) in [5.74, 6) is 0.304. The molecule has 1 aromatic rings. The van der Waals surface area contributed by atoms with Crippen LogP contribution in [0.5, 0.6) is 0 Å². The van der Waals surface area contributed by atoms with Crippen LogP contribution in [0.25, 0.3) is 0 Å². The van der Waals surface area contributed by atoms with Gasteiger partial charge in [-0.3, -0.25) is 4.79 Å². The van der Waals surface area contributed by atoms with Gasteiger partial charge in [0.25, 0.3) is 0 Å². The molecule has 17 heavy (non-hydrogen) atoms. The number of carbonyl (C=O) groups is 1. The van der Waals surface area contributed by atoms with Gasteiger partial charge in [0.15, 0.2) is 11.0 Å². The third kappa shape index (κ3) is 5.14. The van der Waals surface area contributed by atoms with Crippen molar-refractivity contribution < 1.29 is 4.79 Å². The second kappa shape index (κ2) is 7.24. The van der Waals surface area contributed by atoms with E-state index in [4.69, 9.17) is 23.2 Å². The van der Waals surface area contributed by atoms with Crippen molar-refractivity contribution in [3.05, 3.63) is 10.4 Å². The summed E-state index contributed by atoms with van der Waals surface area (Å²) in [5.41, 5.74) is 0. The van der Waals surface area contributed by atoms with Crippen molar-refractivity contribution in [2.45, 2.75) is 19.8 Å². The third-order valence-corrected chi connectivity index (χ3v) is 2.25. The summed E-state index contributed by atoms with van der Waals surface area (Å²) in [7, 11) is 0. The molecule has 0 aliphatic carbocycles. The summed E-state index contributed by atoms with van der Waals surface area (Å²) < 4.78 is 0. The van der Waals surface area contributed by atoms with E-state index >= 15 is 0 Å². The van der Waals surface area contributed by atoms with E-state index in [1.165, 1.54) is 0 Å². The molecule has 0 aliphatic heterocycles. The van der Waals surface area contributed by atoms with Crippen LogP contribution in [-0.2, 0) is 4.79 Å². The summed E-state index contributed by atoms with van der Waals surface area (Å²) in [6, 6.07) is 0. The molecule has 1 heterocycles. The lowest BCUT2D eigenvalue weighted by Crippen LogP contribution is -2.26. The van der Waals surface area contributed by atoms with E-state index in [0.29, 0.717) is 25.3 Å². The fraction of sp³-hybridized carbons (Fsp3) is 0.556. The molecule has 0 radical (unpaired) electrons. The Kier molecular flexibility index (Phi) is 5.93. The van der Waals surface area contributed by atoms with Gasteiger partial charge in [0.05, 0.1) is 0 Å². The van der Waals surface area contributed by atoms with Gasteiger partial charge in [0.2, 0.25) is 11.2 Å². The summed E-state index contributed by atoms with van der Waals surface area (Å²) in [4.78, 5) is 15.1. The smallest absolute Gasteiger partial charge is 0.245 e. The van der Waals surface area contributed by atoms with E-state index in [2.05, 4.69) is 25.8 Å². The Morgan fingerprint density at radius 3 is 2.76 bits per heavy atom. The van der Waals surface area contributed by atoms with Crippen LogP contribution in [0.15, 0.2) is 0 Å². The van der Waals surface area contributed by atoms with E-state index in [1.807, 2.05) is 6.92 Å². The number of aromatic nitrogens is 3. The lowest BCUT2D eigenvalue weighted by molar-refractivity contribution is -0.120. The Morgan fingerprint density at radius 2 is 2.06 bits per heavy atom. The highest BCUT2D eigenvalue weighted by molar-refractivity contribution is 6.32. The van der Waals surface area contributed by atoms with Crippen molar-refractivity contribution >= 4 is 34.9 Å². The summed E-state index contributed by atoms with van der Waals surface area (Å²) in [6.45, 7) is 3.08. The number of nitrogens with zero attached hydrogens (tertiary/aromatic N) is 3. The fourth-order valence-electron chi connectivity index (χ4n) is 1.05. The molecule has 0 fully saturated rings. The van der Waals surface area contributed by atoms with Gasteiger partial charge in [-0.15, -0.1) is 10.2 Å². The van der Waals surface area contributed by atoms with Gasteiger partial charge < -0.3 is 10.6 Å². The van der Waals surface area contributed by atoms with Crippen LogP contribution < -0.4 is 10.6 Å². The molecule has 0 saturated heterocycles. The van der Waals surface area contributed by atoms with Gasteiger partial charge in [-0.2, -0.15) is 4.98 Å². The average molecular weight is 278 g/mol. The topological polar surface area (TPSA) is 79.8 Å². The van der Waals surface area contributed by atoms with E-state index in [1.54, 1.807) is 0 Å². The first kappa shape index (κ1) is 13.9. The van der Waals surface area contributed by atoms with Gasteiger partial charge in [-0.05, 0) is 18.0 Å². The fourth-order valence-corrected chi connectivity index (χ4v) is 1.32. The monoisotopic (exact) mass is 277 g/mol. The Balaban J connectivity index is 2.35. The van der Waals surface area contributed by atoms with E-state index in [9.17, 15) is 4.79 Å². The molecule has 0 spiro atoms. The minimum atomic E-state index is -0.0245. The highest BCUT2D eigenvalue weighted by atomic mass is 35.5. The van der Waals surface area contributed by atoms with Gasteiger partial charge in [0.1, 0.15) is 0 Å². The molecule has 94 valence electrons. The zero-order chi connectivity index (χ0) is 12.7. The summed E-state index contributed by atoms with van der Waals surface area (Å²) in [5, 5.41) is 12.8. The Morgan fingerprint density at radius 1 is 1.29 bits per heavy atom. The quantitative estimate of drug-likeness (QED) is 0.824. The highest BCUT2D eigenvalue weighted by Gasteiger charge is 2.06. The number of rotatable bonds is 6. The van der Waals surface area contributed by atoms with Crippen LogP contribution in [0.1, 0.15) is 19.8 Å². The lowest BCUT2D eigenvalue weighted by atomic mass is 10.3. The van der Waals surface area contributed by atoms with Crippen LogP contribution in [0.3, 0.4) is 0 Å². The second-order valence-corrected chi connectivity index (χ2v) is 3.94. The largest absolute Gasteiger partial charge is 0.367 e. The number of anilines is 1. The zero-order valence-corrected chi connectivity index (χ0v) is 10.8. The number of carbonyl (C=O) groups excluding carboxylic acids is 1. The minimum absolute atomic E-state index is 0.00679. The maximum Gasteiger partial charge on any atom is 0.245 e. The molecule has 6 nitrogen and oxygen atoms in total. The van der Waals surface area contributed by atoms with Gasteiger partial charge in [-0.1, -0.05) is 18.5 Å². The van der Waals surface area contributed by atoms with E-state index in [0.717, 1.165) is 6.42 Å². The molecule has 0 aliphatic rings. The molecule has 8 heteroatoms. The number of halogens is 2. The minimum Gasteiger partial charge on any atom is -0.367 e. The highest BCUT2D eigenvalue weighted by Crippen LogP contribution is 2.15. The van der Waals surface area contributed by atoms with Gasteiger partial charge in [0, 0.05) is 19.5 Å². The van der Waals surface area contributed by atoms with Crippen LogP contribution in [0.4, 0.5) is 5.82 Å². The van der Waals surface area contributed by atoms with Crippen molar-refractivity contribution in [1.82, 2.24) is 20.5 Å². The number of hydrogen-bond acceptors (Lipinski definition) is 5. The third-order valence-electron chi connectivity index (χ3n) is 1.84. The number of hydrogen-bond donors (Lipinski definition) is 2. The molecule has 0 unspecified atom stereocenters. The van der Waals surface area contributed by atoms with Crippen molar-refractivity contribution in [3.63, 3.8) is 0 Å². The first-order valence-electron chi connectivity index (χ1n) is 5.19. The standard InChI is InChI=1S/C9H13Cl2N5O/c1-2-4-12-6(17)3-5-13-8-7(10)15-16-9(11)14-8/h2-5H2,1H3,(H,12,17)(H,13,14,16). The van der Waals surface area contributed by atoms with Gasteiger partial charge >= 0.3 is 0 Å². The predicted octanol–water partition coefficient (Wildman–Crippen LogP) is 1.51. The SMILES string of the molecule is CCCNC(=O)CCNc1nc(Cl)nnc1Cl. The number of amides is 1. The molecule has 0 bridgehead atoms. The molecule has 0 aromatic carbocycles. The average Bonchev–Trinajstić information content (AvgIpc) is 2.31. The Hall–Kier alpha value is -1.14. The molecule has 1 rings (SSSR count). The van der Waals surface area contributed by atoms with Crippen molar-refractivity contribution in [1.29, 1.82) is 0 Å². The first-order valence-corrected chi connectivity index (χ1v) is 5.95. The normalized spacial score (nSPS) is 10.1. The molecule has 1 aromatic heterocycles. The van der Waals surface area contributed by atoms with Crippen molar-refractivity contribution in [2.75, 3.05) is 18.4 Å². The predicted molar refractivity (Wildman–Crippen MR) is 66.3 cm³/mol. The summed E-state index contributed by atoms with van der Waals surface area (Å²) >= 11 is 11.3. The van der Waals surface area contributed by atoms with Crippen molar-refractivity contribution in [2.24, 2.45) is 0 Å². The maximum absolute atomic E-state index is 11.3. The lowest BCUT2D eigenvalue weighted by Gasteiger charge is -2.06. The first-order chi connectivity index (χ1) is 8.13. The second-order valence-electron chi connectivity index (χ2n) is 3.25. The number of nitrogens with one attached hydrogen (secondary N) is 2. The molecule has 1 amide bonds. The van der Waals surface area contributed by atoms with E-state index < -0.39 is 0 Å². The zero-order valence-electron chi connectivity index (χ0n) is 9.33. The Labute approximate surface area is 109 Å². The summed E-state index contributed by atoms with van der Waals surface area (Å²) in [6.07, 6.45) is 1.24. The maximum atomic E-state index is 11.3. The molecule has 0 saturated carbocycles. The molecular formula is C9H13Cl2N5O. The molecule has 0 atom stereocenters.